The van der Waals surface area contributed by atoms with Crippen LogP contribution in [0.5, 0.6) is 0 Å². The van der Waals surface area contributed by atoms with Gasteiger partial charge in [0.05, 0.1) is 5.54 Å². The Balaban J connectivity index is 2.38. The molecule has 1 rings (SSSR count). The number of carbonyl (C=O) groups is 1. The van der Waals surface area contributed by atoms with Crippen molar-refractivity contribution in [1.29, 1.82) is 0 Å². The summed E-state index contributed by atoms with van der Waals surface area (Å²) >= 11 is 0. The van der Waals surface area contributed by atoms with E-state index < -0.39 is 5.60 Å². The van der Waals surface area contributed by atoms with Gasteiger partial charge in [0.2, 0.25) is 0 Å². The summed E-state index contributed by atoms with van der Waals surface area (Å²) in [5.41, 5.74) is -0.516. The van der Waals surface area contributed by atoms with Crippen molar-refractivity contribution in [3.05, 3.63) is 0 Å². The van der Waals surface area contributed by atoms with Crippen molar-refractivity contribution < 1.29 is 9.53 Å². The van der Waals surface area contributed by atoms with Crippen molar-refractivity contribution in [2.45, 2.75) is 65.0 Å². The van der Waals surface area contributed by atoms with Gasteiger partial charge in [-0.1, -0.05) is 13.8 Å². The van der Waals surface area contributed by atoms with Crippen LogP contribution in [0.2, 0.25) is 0 Å². The van der Waals surface area contributed by atoms with Crippen LogP contribution in [0.4, 0.5) is 4.79 Å². The average molecular weight is 256 g/mol. The van der Waals surface area contributed by atoms with E-state index in [9.17, 15) is 4.79 Å². The van der Waals surface area contributed by atoms with Gasteiger partial charge in [0.1, 0.15) is 5.60 Å². The topological polar surface area (TPSA) is 50.4 Å². The normalized spacial score (nSPS) is 18.3. The van der Waals surface area contributed by atoms with E-state index in [1.165, 1.54) is 6.42 Å². The Bertz CT molecular complexity index is 278. The third kappa shape index (κ3) is 5.25. The smallest absolute Gasteiger partial charge is 0.408 e. The predicted octanol–water partition coefficient (Wildman–Crippen LogP) is 2.68. The molecule has 4 heteroatoms. The van der Waals surface area contributed by atoms with Crippen LogP contribution in [0.3, 0.4) is 0 Å². The number of hydrogen-bond acceptors (Lipinski definition) is 3. The van der Waals surface area contributed by atoms with Gasteiger partial charge in [-0.3, -0.25) is 0 Å². The van der Waals surface area contributed by atoms with Gasteiger partial charge in [-0.2, -0.15) is 0 Å². The Morgan fingerprint density at radius 1 is 1.33 bits per heavy atom. The number of rotatable bonds is 5. The van der Waals surface area contributed by atoms with Crippen LogP contribution in [0, 0.1) is 5.92 Å². The minimum Gasteiger partial charge on any atom is -0.444 e. The van der Waals surface area contributed by atoms with Gasteiger partial charge < -0.3 is 15.4 Å². The molecule has 0 spiro atoms. The monoisotopic (exact) mass is 256 g/mol. The molecule has 0 unspecified atom stereocenters. The Kier molecular flexibility index (Phi) is 5.02. The van der Waals surface area contributed by atoms with E-state index in [2.05, 4.69) is 24.5 Å². The van der Waals surface area contributed by atoms with Gasteiger partial charge in [0, 0.05) is 6.54 Å². The van der Waals surface area contributed by atoms with Crippen LogP contribution < -0.4 is 10.6 Å². The lowest BCUT2D eigenvalue weighted by atomic mass is 9.76. The van der Waals surface area contributed by atoms with Crippen LogP contribution in [0.25, 0.3) is 0 Å². The molecule has 0 heterocycles. The van der Waals surface area contributed by atoms with Crippen LogP contribution in [-0.4, -0.2) is 30.3 Å². The molecular formula is C14H28N2O2. The fourth-order valence-electron chi connectivity index (χ4n) is 2.07. The number of nitrogens with one attached hydrogen (secondary N) is 2. The van der Waals surface area contributed by atoms with Crippen molar-refractivity contribution in [2.75, 3.05) is 13.1 Å². The van der Waals surface area contributed by atoms with Crippen LogP contribution in [0.1, 0.15) is 53.9 Å². The van der Waals surface area contributed by atoms with Gasteiger partial charge >= 0.3 is 6.09 Å². The first-order valence-electron chi connectivity index (χ1n) is 6.94. The highest BCUT2D eigenvalue weighted by molar-refractivity contribution is 5.69. The summed E-state index contributed by atoms with van der Waals surface area (Å²) in [5.74, 6) is 0.628. The molecule has 1 aliphatic rings. The highest BCUT2D eigenvalue weighted by Gasteiger charge is 2.39. The zero-order valence-electron chi connectivity index (χ0n) is 12.4. The minimum absolute atomic E-state index is 0.0861. The summed E-state index contributed by atoms with van der Waals surface area (Å²) in [5, 5.41) is 6.46. The third-order valence-corrected chi connectivity index (χ3v) is 3.09. The molecule has 0 saturated heterocycles. The molecule has 2 N–H and O–H groups in total. The SMILES string of the molecule is CC(C)CNCC1(NC(=O)OC(C)(C)C)CCC1. The Hall–Kier alpha value is -0.770. The minimum atomic E-state index is -0.430. The van der Waals surface area contributed by atoms with E-state index in [0.29, 0.717) is 5.92 Å². The van der Waals surface area contributed by atoms with Gasteiger partial charge in [-0.25, -0.2) is 4.79 Å². The standard InChI is InChI=1S/C14H28N2O2/c1-11(2)9-15-10-14(7-6-8-14)16-12(17)18-13(3,4)5/h11,15H,6-10H2,1-5H3,(H,16,17). The van der Waals surface area contributed by atoms with Gasteiger partial charge in [-0.15, -0.1) is 0 Å². The van der Waals surface area contributed by atoms with E-state index in [1.807, 2.05) is 20.8 Å². The third-order valence-electron chi connectivity index (χ3n) is 3.09. The summed E-state index contributed by atoms with van der Waals surface area (Å²) in [4.78, 5) is 11.8. The molecular weight excluding hydrogens is 228 g/mol. The fraction of sp³-hybridized carbons (Fsp3) is 0.929. The first-order valence-corrected chi connectivity index (χ1v) is 6.94. The van der Waals surface area contributed by atoms with Crippen LogP contribution in [0.15, 0.2) is 0 Å². The van der Waals surface area contributed by atoms with E-state index in [4.69, 9.17) is 4.74 Å². The van der Waals surface area contributed by atoms with Gasteiger partial charge in [-0.05, 0) is 52.5 Å². The maximum absolute atomic E-state index is 11.8. The lowest BCUT2D eigenvalue weighted by Gasteiger charge is -2.43. The van der Waals surface area contributed by atoms with Crippen LogP contribution in [-0.2, 0) is 4.74 Å². The molecule has 0 bridgehead atoms. The zero-order chi connectivity index (χ0) is 13.8. The van der Waals surface area contributed by atoms with E-state index in [0.717, 1.165) is 25.9 Å². The van der Waals surface area contributed by atoms with Crippen molar-refractivity contribution in [3.8, 4) is 0 Å². The zero-order valence-corrected chi connectivity index (χ0v) is 12.4. The molecule has 106 valence electrons. The number of hydrogen-bond donors (Lipinski definition) is 2. The van der Waals surface area contributed by atoms with E-state index in [-0.39, 0.29) is 11.6 Å². The maximum Gasteiger partial charge on any atom is 0.408 e. The molecule has 0 aromatic heterocycles. The molecule has 0 aromatic rings. The van der Waals surface area contributed by atoms with Crippen molar-refractivity contribution in [1.82, 2.24) is 10.6 Å². The van der Waals surface area contributed by atoms with Crippen molar-refractivity contribution >= 4 is 6.09 Å². The molecule has 0 radical (unpaired) electrons. The summed E-state index contributed by atoms with van der Waals surface area (Å²) in [6, 6.07) is 0. The average Bonchev–Trinajstić information content (AvgIpc) is 2.09. The fourth-order valence-corrected chi connectivity index (χ4v) is 2.07. The summed E-state index contributed by atoms with van der Waals surface area (Å²) in [6.45, 7) is 11.8. The Morgan fingerprint density at radius 3 is 2.33 bits per heavy atom. The predicted molar refractivity (Wildman–Crippen MR) is 73.7 cm³/mol. The Morgan fingerprint density at radius 2 is 1.94 bits per heavy atom. The number of amides is 1. The molecule has 1 aliphatic carbocycles. The van der Waals surface area contributed by atoms with Crippen LogP contribution >= 0.6 is 0 Å². The Labute approximate surface area is 111 Å². The first kappa shape index (κ1) is 15.3. The molecule has 0 aliphatic heterocycles. The number of alkyl carbamates (subject to hydrolysis) is 1. The molecule has 0 atom stereocenters. The molecule has 18 heavy (non-hydrogen) atoms. The maximum atomic E-state index is 11.8. The summed E-state index contributed by atoms with van der Waals surface area (Å²) < 4.78 is 5.32. The lowest BCUT2D eigenvalue weighted by molar-refractivity contribution is 0.0382. The number of ether oxygens (including phenoxy) is 1. The second-order valence-electron chi connectivity index (χ2n) is 6.79. The second-order valence-corrected chi connectivity index (χ2v) is 6.79. The van der Waals surface area contributed by atoms with Crippen molar-refractivity contribution in [3.63, 3.8) is 0 Å². The molecule has 1 fully saturated rings. The first-order chi connectivity index (χ1) is 8.22. The lowest BCUT2D eigenvalue weighted by Crippen LogP contribution is -2.60. The largest absolute Gasteiger partial charge is 0.444 e. The molecule has 4 nitrogen and oxygen atoms in total. The van der Waals surface area contributed by atoms with E-state index >= 15 is 0 Å². The molecule has 1 amide bonds. The molecule has 1 saturated carbocycles. The highest BCUT2D eigenvalue weighted by Crippen LogP contribution is 2.31. The highest BCUT2D eigenvalue weighted by atomic mass is 16.6. The van der Waals surface area contributed by atoms with Gasteiger partial charge in [0.15, 0.2) is 0 Å². The quantitative estimate of drug-likeness (QED) is 0.795. The van der Waals surface area contributed by atoms with Crippen molar-refractivity contribution in [2.24, 2.45) is 5.92 Å². The summed E-state index contributed by atoms with van der Waals surface area (Å²) in [6.07, 6.45) is 2.96. The van der Waals surface area contributed by atoms with Gasteiger partial charge in [0.25, 0.3) is 0 Å². The van der Waals surface area contributed by atoms with E-state index in [1.54, 1.807) is 0 Å². The summed E-state index contributed by atoms with van der Waals surface area (Å²) in [7, 11) is 0. The number of carbonyl (C=O) groups excluding carboxylic acids is 1. The molecule has 0 aromatic carbocycles. The second kappa shape index (κ2) is 5.91.